The minimum Gasteiger partial charge on any atom is -0.494 e. The molecule has 0 radical (unpaired) electrons. The van der Waals surface area contributed by atoms with Crippen LogP contribution in [0, 0.1) is 10.1 Å². The van der Waals surface area contributed by atoms with Crippen molar-refractivity contribution in [1.29, 1.82) is 0 Å². The van der Waals surface area contributed by atoms with E-state index >= 15 is 0 Å². The smallest absolute Gasteiger partial charge is 0.269 e. The lowest BCUT2D eigenvalue weighted by atomic mass is 10.1. The Labute approximate surface area is 200 Å². The predicted octanol–water partition coefficient (Wildman–Crippen LogP) is 5.07. The molecule has 1 unspecified atom stereocenters. The summed E-state index contributed by atoms with van der Waals surface area (Å²) in [4.78, 5) is 13.7. The molecule has 34 heavy (non-hydrogen) atoms. The quantitative estimate of drug-likeness (QED) is 0.146. The average Bonchev–Trinajstić information content (AvgIpc) is 3.60. The van der Waals surface area contributed by atoms with Gasteiger partial charge in [0.1, 0.15) is 5.75 Å². The first-order chi connectivity index (χ1) is 16.7. The zero-order valence-electron chi connectivity index (χ0n) is 18.6. The van der Waals surface area contributed by atoms with Gasteiger partial charge in [-0.15, -0.1) is 10.2 Å². The van der Waals surface area contributed by atoms with Crippen LogP contribution in [0.15, 0.2) is 59.9 Å². The Hall–Kier alpha value is -3.37. The molecule has 1 aliphatic rings. The van der Waals surface area contributed by atoms with Crippen molar-refractivity contribution in [3.8, 4) is 17.1 Å². The van der Waals surface area contributed by atoms with Crippen LogP contribution in [0.5, 0.6) is 5.75 Å². The highest BCUT2D eigenvalue weighted by Gasteiger charge is 2.23. The van der Waals surface area contributed by atoms with Crippen molar-refractivity contribution >= 4 is 28.4 Å². The van der Waals surface area contributed by atoms with Gasteiger partial charge in [0.15, 0.2) is 11.0 Å². The number of non-ortho nitro benzene ring substituents is 1. The van der Waals surface area contributed by atoms with Crippen LogP contribution < -0.4 is 4.74 Å². The third-order valence-corrected chi connectivity index (χ3v) is 6.85. The van der Waals surface area contributed by atoms with E-state index in [1.165, 1.54) is 12.1 Å². The molecule has 0 aliphatic carbocycles. The third kappa shape index (κ3) is 4.92. The van der Waals surface area contributed by atoms with Crippen LogP contribution in [0.3, 0.4) is 0 Å². The van der Waals surface area contributed by atoms with Crippen LogP contribution in [0.25, 0.3) is 22.3 Å². The van der Waals surface area contributed by atoms with E-state index in [0.29, 0.717) is 12.4 Å². The monoisotopic (exact) mass is 479 g/mol. The van der Waals surface area contributed by atoms with Gasteiger partial charge in [-0.05, 0) is 37.5 Å². The Morgan fingerprint density at radius 1 is 1.21 bits per heavy atom. The molecule has 1 N–H and O–H groups in total. The van der Waals surface area contributed by atoms with Gasteiger partial charge in [0, 0.05) is 47.2 Å². The summed E-state index contributed by atoms with van der Waals surface area (Å²) in [6.45, 7) is 2.04. The van der Waals surface area contributed by atoms with Gasteiger partial charge in [-0.25, -0.2) is 0 Å². The Balaban J connectivity index is 1.25. The van der Waals surface area contributed by atoms with Crippen LogP contribution in [0.1, 0.15) is 19.3 Å². The number of ether oxygens (including phenoxy) is 2. The number of rotatable bonds is 10. The van der Waals surface area contributed by atoms with Crippen molar-refractivity contribution in [3.63, 3.8) is 0 Å². The highest BCUT2D eigenvalue weighted by molar-refractivity contribution is 7.99. The second kappa shape index (κ2) is 10.3. The summed E-state index contributed by atoms with van der Waals surface area (Å²) in [7, 11) is 0. The van der Waals surface area contributed by atoms with E-state index in [4.69, 9.17) is 9.47 Å². The summed E-state index contributed by atoms with van der Waals surface area (Å²) in [5.74, 6) is 2.28. The normalized spacial score (nSPS) is 15.7. The van der Waals surface area contributed by atoms with Crippen LogP contribution in [0.2, 0.25) is 0 Å². The van der Waals surface area contributed by atoms with E-state index in [9.17, 15) is 10.1 Å². The molecule has 9 nitrogen and oxygen atoms in total. The van der Waals surface area contributed by atoms with E-state index in [1.807, 2.05) is 18.3 Å². The molecule has 1 aliphatic heterocycles. The van der Waals surface area contributed by atoms with Crippen LogP contribution in [-0.2, 0) is 11.3 Å². The summed E-state index contributed by atoms with van der Waals surface area (Å²) in [6, 6.07) is 14.3. The topological polar surface area (TPSA) is 108 Å². The maximum atomic E-state index is 10.8. The molecule has 176 valence electrons. The van der Waals surface area contributed by atoms with E-state index in [2.05, 4.69) is 31.9 Å². The number of thioether (sulfide) groups is 1. The Morgan fingerprint density at radius 3 is 2.85 bits per heavy atom. The number of nitro benzene ring substituents is 1. The Morgan fingerprint density at radius 2 is 2.06 bits per heavy atom. The molecule has 0 amide bonds. The largest absolute Gasteiger partial charge is 0.494 e. The molecule has 0 saturated carbocycles. The van der Waals surface area contributed by atoms with Crippen molar-refractivity contribution in [2.45, 2.75) is 37.1 Å². The SMILES string of the molecule is O=[N+]([O-])c1ccc(OCCCSc2nnc(-c3c[nH]c4ccccc34)n2CC2CCCO2)cc1. The summed E-state index contributed by atoms with van der Waals surface area (Å²) in [5, 5.41) is 21.8. The number of fused-ring (bicyclic) bond motifs is 1. The number of nitro groups is 1. The van der Waals surface area contributed by atoms with Gasteiger partial charge in [-0.1, -0.05) is 30.0 Å². The minimum absolute atomic E-state index is 0.0551. The average molecular weight is 480 g/mol. The molecular weight excluding hydrogens is 454 g/mol. The third-order valence-electron chi connectivity index (χ3n) is 5.79. The van der Waals surface area contributed by atoms with Crippen LogP contribution >= 0.6 is 11.8 Å². The van der Waals surface area contributed by atoms with Crippen LogP contribution in [0.4, 0.5) is 5.69 Å². The highest BCUT2D eigenvalue weighted by atomic mass is 32.2. The minimum atomic E-state index is -0.419. The first-order valence-corrected chi connectivity index (χ1v) is 12.3. The lowest BCUT2D eigenvalue weighted by Crippen LogP contribution is -2.16. The fourth-order valence-corrected chi connectivity index (χ4v) is 4.94. The second-order valence-corrected chi connectivity index (χ2v) is 9.16. The lowest BCUT2D eigenvalue weighted by molar-refractivity contribution is -0.384. The molecule has 0 spiro atoms. The molecule has 2 aromatic heterocycles. The number of aromatic amines is 1. The number of nitrogens with one attached hydrogen (secondary N) is 1. The number of para-hydroxylation sites is 1. The van der Waals surface area contributed by atoms with Gasteiger partial charge in [0.25, 0.3) is 5.69 Å². The fraction of sp³-hybridized carbons (Fsp3) is 0.333. The number of hydrogen-bond donors (Lipinski definition) is 1. The number of nitrogens with zero attached hydrogens (tertiary/aromatic N) is 4. The Kier molecular flexibility index (Phi) is 6.77. The lowest BCUT2D eigenvalue weighted by Gasteiger charge is -2.14. The molecule has 0 bridgehead atoms. The zero-order chi connectivity index (χ0) is 23.3. The summed E-state index contributed by atoms with van der Waals surface area (Å²) >= 11 is 1.65. The fourth-order valence-electron chi connectivity index (χ4n) is 4.08. The number of H-pyrrole nitrogens is 1. The summed E-state index contributed by atoms with van der Waals surface area (Å²) < 4.78 is 13.8. The van der Waals surface area contributed by atoms with E-state index in [-0.39, 0.29) is 11.8 Å². The van der Waals surface area contributed by atoms with Gasteiger partial charge in [-0.3, -0.25) is 14.7 Å². The van der Waals surface area contributed by atoms with Gasteiger partial charge in [-0.2, -0.15) is 0 Å². The summed E-state index contributed by atoms with van der Waals surface area (Å²) in [5.41, 5.74) is 2.16. The molecule has 4 aromatic rings. The molecule has 1 fully saturated rings. The standard InChI is InChI=1S/C24H25N5O4S/c30-29(31)17-8-10-18(11-9-17)32-13-4-14-34-24-27-26-23(28(24)16-19-5-3-12-33-19)21-15-25-22-7-2-1-6-20(21)22/h1-2,6-11,15,19,25H,3-5,12-14,16H2. The molecular formula is C24H25N5O4S. The molecule has 1 saturated heterocycles. The first kappa shape index (κ1) is 22.4. The second-order valence-electron chi connectivity index (χ2n) is 8.10. The van der Waals surface area contributed by atoms with Crippen molar-refractivity contribution in [2.75, 3.05) is 19.0 Å². The maximum absolute atomic E-state index is 10.8. The molecule has 2 aromatic carbocycles. The van der Waals surface area contributed by atoms with E-state index in [1.54, 1.807) is 23.9 Å². The maximum Gasteiger partial charge on any atom is 0.269 e. The molecule has 3 heterocycles. The zero-order valence-corrected chi connectivity index (χ0v) is 19.4. The first-order valence-electron chi connectivity index (χ1n) is 11.3. The Bertz CT molecular complexity index is 1260. The summed E-state index contributed by atoms with van der Waals surface area (Å²) in [6.07, 6.45) is 5.09. The number of benzene rings is 2. The highest BCUT2D eigenvalue weighted by Crippen LogP contribution is 2.31. The van der Waals surface area contributed by atoms with Crippen LogP contribution in [-0.4, -0.2) is 49.7 Å². The van der Waals surface area contributed by atoms with E-state index in [0.717, 1.165) is 65.6 Å². The van der Waals surface area contributed by atoms with Gasteiger partial charge in [0.05, 0.1) is 24.2 Å². The van der Waals surface area contributed by atoms with Gasteiger partial charge in [0.2, 0.25) is 0 Å². The molecule has 1 atom stereocenters. The van der Waals surface area contributed by atoms with Gasteiger partial charge < -0.3 is 14.5 Å². The molecule has 10 heteroatoms. The van der Waals surface area contributed by atoms with Crippen molar-refractivity contribution in [3.05, 3.63) is 64.8 Å². The number of aromatic nitrogens is 4. The molecule has 5 rings (SSSR count). The number of hydrogen-bond acceptors (Lipinski definition) is 7. The van der Waals surface area contributed by atoms with Gasteiger partial charge >= 0.3 is 0 Å². The van der Waals surface area contributed by atoms with Crippen molar-refractivity contribution in [1.82, 2.24) is 19.7 Å². The van der Waals surface area contributed by atoms with Crippen molar-refractivity contribution < 1.29 is 14.4 Å². The predicted molar refractivity (Wildman–Crippen MR) is 130 cm³/mol. The van der Waals surface area contributed by atoms with Crippen molar-refractivity contribution in [2.24, 2.45) is 0 Å². The van der Waals surface area contributed by atoms with E-state index < -0.39 is 4.92 Å².